The van der Waals surface area contributed by atoms with Crippen molar-refractivity contribution in [1.29, 1.82) is 0 Å². The van der Waals surface area contributed by atoms with Gasteiger partial charge in [0.05, 0.1) is 0 Å². The van der Waals surface area contributed by atoms with Crippen LogP contribution in [0, 0.1) is 11.8 Å². The zero-order valence-corrected chi connectivity index (χ0v) is 12.6. The SMILES string of the molecule is CCSC(=O)N(CC(C)C)CC(C)C.[B+3].[F-].[F-].[F-]. The van der Waals surface area contributed by atoms with Crippen molar-refractivity contribution in [3.8, 4) is 0 Å². The second-order valence-electron chi connectivity index (χ2n) is 4.39. The molecule has 0 aliphatic heterocycles. The van der Waals surface area contributed by atoms with Crippen LogP contribution in [0.1, 0.15) is 34.6 Å². The van der Waals surface area contributed by atoms with Gasteiger partial charge in [0.25, 0.3) is 5.24 Å². The van der Waals surface area contributed by atoms with E-state index < -0.39 is 0 Å². The molecular weight excluding hydrogens is 262 g/mol. The Balaban J connectivity index is -0.000000141. The average Bonchev–Trinajstić information content (AvgIpc) is 2.01. The van der Waals surface area contributed by atoms with E-state index in [2.05, 4.69) is 27.7 Å². The Kier molecular flexibility index (Phi) is 28.3. The maximum Gasteiger partial charge on any atom is 3.00 e. The molecule has 0 saturated carbocycles. The molecule has 0 aromatic carbocycles. The maximum absolute atomic E-state index is 11.7. The van der Waals surface area contributed by atoms with Crippen LogP contribution in [0.25, 0.3) is 0 Å². The fourth-order valence-corrected chi connectivity index (χ4v) is 1.90. The number of amides is 1. The summed E-state index contributed by atoms with van der Waals surface area (Å²) < 4.78 is 0. The second kappa shape index (κ2) is 16.7. The minimum absolute atomic E-state index is 0. The molecule has 2 nitrogen and oxygen atoms in total. The largest absolute Gasteiger partial charge is 3.00 e. The van der Waals surface area contributed by atoms with Gasteiger partial charge < -0.3 is 19.0 Å². The third-order valence-electron chi connectivity index (χ3n) is 1.70. The van der Waals surface area contributed by atoms with Gasteiger partial charge >= 0.3 is 8.41 Å². The number of thioether (sulfide) groups is 1. The van der Waals surface area contributed by atoms with E-state index in [0.717, 1.165) is 18.8 Å². The molecule has 0 aliphatic rings. The first-order valence-corrected chi connectivity index (χ1v) is 6.37. The summed E-state index contributed by atoms with van der Waals surface area (Å²) in [5.74, 6) is 1.97. The molecule has 0 fully saturated rings. The fraction of sp³-hybridized carbons (Fsp3) is 0.909. The van der Waals surface area contributed by atoms with Gasteiger partial charge in [-0.3, -0.25) is 4.79 Å². The molecule has 7 heteroatoms. The predicted octanol–water partition coefficient (Wildman–Crippen LogP) is -5.90. The molecule has 0 saturated heterocycles. The van der Waals surface area contributed by atoms with E-state index >= 15 is 0 Å². The van der Waals surface area contributed by atoms with Gasteiger partial charge in [0, 0.05) is 13.1 Å². The molecule has 1 amide bonds. The van der Waals surface area contributed by atoms with Crippen LogP contribution < -0.4 is 14.1 Å². The molecule has 108 valence electrons. The molecule has 0 bridgehead atoms. The number of nitrogens with zero attached hydrogens (tertiary/aromatic N) is 1. The molecule has 0 radical (unpaired) electrons. The molecule has 0 heterocycles. The number of halogens is 3. The van der Waals surface area contributed by atoms with Crippen LogP contribution in [0.15, 0.2) is 0 Å². The average molecular weight is 285 g/mol. The Bertz CT molecular complexity index is 176. The predicted molar refractivity (Wildman–Crippen MR) is 70.5 cm³/mol. The van der Waals surface area contributed by atoms with Gasteiger partial charge in [0.15, 0.2) is 0 Å². The first-order chi connectivity index (χ1) is 6.47. The molecule has 0 N–H and O–H groups in total. The van der Waals surface area contributed by atoms with E-state index in [9.17, 15) is 4.79 Å². The number of rotatable bonds is 5. The fourth-order valence-electron chi connectivity index (χ4n) is 1.32. The Labute approximate surface area is 115 Å². The van der Waals surface area contributed by atoms with Gasteiger partial charge in [-0.1, -0.05) is 46.4 Å². The van der Waals surface area contributed by atoms with E-state index in [-0.39, 0.29) is 27.8 Å². The van der Waals surface area contributed by atoms with E-state index in [1.807, 2.05) is 11.8 Å². The summed E-state index contributed by atoms with van der Waals surface area (Å²) in [6.45, 7) is 12.4. The van der Waals surface area contributed by atoms with Crippen LogP contribution in [-0.2, 0) is 0 Å². The molecule has 0 aromatic heterocycles. The third kappa shape index (κ3) is 15.7. The van der Waals surface area contributed by atoms with E-state index in [1.165, 1.54) is 11.8 Å². The zero-order valence-electron chi connectivity index (χ0n) is 11.8. The van der Waals surface area contributed by atoms with Crippen molar-refractivity contribution in [3.05, 3.63) is 0 Å². The Morgan fingerprint density at radius 3 is 1.56 bits per heavy atom. The normalized spacial score (nSPS) is 8.61. The van der Waals surface area contributed by atoms with E-state index in [1.54, 1.807) is 0 Å². The number of hydrogen-bond acceptors (Lipinski definition) is 2. The quantitative estimate of drug-likeness (QED) is 0.469. The van der Waals surface area contributed by atoms with Gasteiger partial charge in [0.2, 0.25) is 0 Å². The Morgan fingerprint density at radius 2 is 1.33 bits per heavy atom. The summed E-state index contributed by atoms with van der Waals surface area (Å²) in [6, 6.07) is 0. The van der Waals surface area contributed by atoms with Crippen molar-refractivity contribution in [3.63, 3.8) is 0 Å². The van der Waals surface area contributed by atoms with Gasteiger partial charge in [-0.2, -0.15) is 0 Å². The molecule has 0 aliphatic carbocycles. The maximum atomic E-state index is 11.7. The molecule has 0 aromatic rings. The van der Waals surface area contributed by atoms with E-state index in [4.69, 9.17) is 0 Å². The molecule has 0 atom stereocenters. The molecule has 0 unspecified atom stereocenters. The van der Waals surface area contributed by atoms with Gasteiger partial charge in [0.1, 0.15) is 0 Å². The molecular formula is C11H23BF3NOS. The third-order valence-corrected chi connectivity index (χ3v) is 2.49. The summed E-state index contributed by atoms with van der Waals surface area (Å²) in [5, 5.41) is 0.231. The van der Waals surface area contributed by atoms with Gasteiger partial charge in [-0.15, -0.1) is 0 Å². The number of hydrogen-bond donors (Lipinski definition) is 0. The Morgan fingerprint density at radius 1 is 1.00 bits per heavy atom. The summed E-state index contributed by atoms with van der Waals surface area (Å²) in [6.07, 6.45) is 0. The first kappa shape index (κ1) is 30.6. The summed E-state index contributed by atoms with van der Waals surface area (Å²) >= 11 is 1.41. The van der Waals surface area contributed by atoms with Gasteiger partial charge in [-0.25, -0.2) is 0 Å². The zero-order chi connectivity index (χ0) is 11.1. The molecule has 18 heavy (non-hydrogen) atoms. The second-order valence-corrected chi connectivity index (χ2v) is 5.61. The van der Waals surface area contributed by atoms with Crippen LogP contribution in [-0.4, -0.2) is 37.4 Å². The first-order valence-electron chi connectivity index (χ1n) is 5.39. The van der Waals surface area contributed by atoms with Crippen molar-refractivity contribution < 1.29 is 18.9 Å². The standard InChI is InChI=1S/C11H23NOS.B.3FH/c1-6-14-11(13)12(7-9(2)3)8-10(4)5;;;;/h9-10H,6-8H2,1-5H3;;3*1H/q;+3;;;/p-3. The minimum Gasteiger partial charge on any atom is -1.00 e. The van der Waals surface area contributed by atoms with Crippen molar-refractivity contribution >= 4 is 25.4 Å². The molecule has 0 rings (SSSR count). The van der Waals surface area contributed by atoms with Crippen molar-refractivity contribution in [2.75, 3.05) is 18.8 Å². The van der Waals surface area contributed by atoms with Crippen molar-refractivity contribution in [2.45, 2.75) is 34.6 Å². The van der Waals surface area contributed by atoms with Crippen molar-refractivity contribution in [2.24, 2.45) is 11.8 Å². The topological polar surface area (TPSA) is 20.3 Å². The summed E-state index contributed by atoms with van der Waals surface area (Å²) in [5.41, 5.74) is 0. The molecule has 0 spiro atoms. The van der Waals surface area contributed by atoms with Crippen LogP contribution >= 0.6 is 11.8 Å². The summed E-state index contributed by atoms with van der Waals surface area (Å²) in [4.78, 5) is 13.7. The van der Waals surface area contributed by atoms with Crippen LogP contribution in [0.5, 0.6) is 0 Å². The van der Waals surface area contributed by atoms with Crippen LogP contribution in [0.2, 0.25) is 0 Å². The number of carbonyl (C=O) groups excluding carboxylic acids is 1. The summed E-state index contributed by atoms with van der Waals surface area (Å²) in [7, 11) is 0. The van der Waals surface area contributed by atoms with E-state index in [0.29, 0.717) is 11.8 Å². The van der Waals surface area contributed by atoms with Crippen LogP contribution in [0.3, 0.4) is 0 Å². The van der Waals surface area contributed by atoms with Crippen molar-refractivity contribution in [1.82, 2.24) is 4.90 Å². The smallest absolute Gasteiger partial charge is 1.00 e. The minimum atomic E-state index is 0. The van der Waals surface area contributed by atoms with Crippen LogP contribution in [0.4, 0.5) is 4.79 Å². The number of carbonyl (C=O) groups is 1. The monoisotopic (exact) mass is 285 g/mol. The Hall–Kier alpha value is -0.325. The van der Waals surface area contributed by atoms with Gasteiger partial charge in [-0.05, 0) is 17.6 Å².